The first-order valence-electron chi connectivity index (χ1n) is 7.61. The molecule has 1 aliphatic rings. The van der Waals surface area contributed by atoms with Crippen LogP contribution < -0.4 is 5.32 Å². The van der Waals surface area contributed by atoms with Crippen molar-refractivity contribution < 1.29 is 13.2 Å². The van der Waals surface area contributed by atoms with Crippen LogP contribution in [0.25, 0.3) is 0 Å². The zero-order valence-corrected chi connectivity index (χ0v) is 12.6. The first-order chi connectivity index (χ1) is 10.1. The van der Waals surface area contributed by atoms with Gasteiger partial charge in [0.15, 0.2) is 11.6 Å². The van der Waals surface area contributed by atoms with E-state index in [4.69, 9.17) is 0 Å². The van der Waals surface area contributed by atoms with Crippen molar-refractivity contribution in [3.8, 4) is 0 Å². The van der Waals surface area contributed by atoms with E-state index in [1.54, 1.807) is 0 Å². The third-order valence-corrected chi connectivity index (χ3v) is 4.20. The number of hydrogen-bond donors (Lipinski definition) is 1. The van der Waals surface area contributed by atoms with Crippen molar-refractivity contribution in [2.75, 3.05) is 26.7 Å². The third-order valence-electron chi connectivity index (χ3n) is 4.20. The van der Waals surface area contributed by atoms with Crippen molar-refractivity contribution >= 4 is 0 Å². The maximum absolute atomic E-state index is 14.2. The number of benzene rings is 1. The Morgan fingerprint density at radius 1 is 1.19 bits per heavy atom. The Morgan fingerprint density at radius 2 is 1.90 bits per heavy atom. The van der Waals surface area contributed by atoms with Crippen LogP contribution in [0.2, 0.25) is 0 Å². The van der Waals surface area contributed by atoms with Crippen LogP contribution >= 0.6 is 0 Å². The number of nitrogens with zero attached hydrogens (tertiary/aromatic N) is 1. The van der Waals surface area contributed by atoms with Crippen LogP contribution in [0.1, 0.15) is 37.8 Å². The fourth-order valence-corrected chi connectivity index (χ4v) is 3.38. The standard InChI is InChI=1S/C16H23F3N2/c1-3-6-21-7-4-5-11(10-20-2)16(21)12-8-14(18)15(19)9-13(12)17/h8-9,11,16,20H,3-7,10H2,1-2H3. The summed E-state index contributed by atoms with van der Waals surface area (Å²) in [6.45, 7) is 4.52. The van der Waals surface area contributed by atoms with Crippen LogP contribution in [-0.2, 0) is 0 Å². The SMILES string of the molecule is CCCN1CCCC(CNC)C1c1cc(F)c(F)cc1F. The summed E-state index contributed by atoms with van der Waals surface area (Å²) < 4.78 is 40.9. The predicted molar refractivity (Wildman–Crippen MR) is 77.6 cm³/mol. The molecule has 21 heavy (non-hydrogen) atoms. The Labute approximate surface area is 124 Å². The molecule has 2 atom stereocenters. The molecule has 1 fully saturated rings. The number of rotatable bonds is 5. The fraction of sp³-hybridized carbons (Fsp3) is 0.625. The van der Waals surface area contributed by atoms with E-state index >= 15 is 0 Å². The van der Waals surface area contributed by atoms with Crippen molar-refractivity contribution in [3.05, 3.63) is 35.1 Å². The molecule has 1 aromatic carbocycles. The van der Waals surface area contributed by atoms with Crippen molar-refractivity contribution in [2.24, 2.45) is 5.92 Å². The van der Waals surface area contributed by atoms with Gasteiger partial charge in [0.05, 0.1) is 0 Å². The highest BCUT2D eigenvalue weighted by molar-refractivity contribution is 5.25. The van der Waals surface area contributed by atoms with Gasteiger partial charge in [-0.25, -0.2) is 13.2 Å². The predicted octanol–water partition coefficient (Wildman–Crippen LogP) is 3.49. The minimum atomic E-state index is -1.13. The maximum Gasteiger partial charge on any atom is 0.161 e. The van der Waals surface area contributed by atoms with Gasteiger partial charge in [-0.3, -0.25) is 4.90 Å². The minimum absolute atomic E-state index is 0.193. The molecule has 1 heterocycles. The Balaban J connectivity index is 2.39. The second-order valence-corrected chi connectivity index (χ2v) is 5.73. The molecular formula is C16H23F3N2. The summed E-state index contributed by atoms with van der Waals surface area (Å²) in [6.07, 6.45) is 2.96. The van der Waals surface area contributed by atoms with Crippen molar-refractivity contribution in [1.29, 1.82) is 0 Å². The highest BCUT2D eigenvalue weighted by Gasteiger charge is 2.34. The largest absolute Gasteiger partial charge is 0.319 e. The molecule has 0 radical (unpaired) electrons. The van der Waals surface area contributed by atoms with Crippen molar-refractivity contribution in [1.82, 2.24) is 10.2 Å². The van der Waals surface area contributed by atoms with Crippen LogP contribution in [0.15, 0.2) is 12.1 Å². The summed E-state index contributed by atoms with van der Waals surface area (Å²) >= 11 is 0. The van der Waals surface area contributed by atoms with E-state index in [0.717, 1.165) is 45.0 Å². The van der Waals surface area contributed by atoms with Gasteiger partial charge in [0, 0.05) is 17.7 Å². The maximum atomic E-state index is 14.2. The minimum Gasteiger partial charge on any atom is -0.319 e. The summed E-state index contributed by atoms with van der Waals surface area (Å²) in [5, 5.41) is 3.13. The average Bonchev–Trinajstić information content (AvgIpc) is 2.44. The molecule has 1 saturated heterocycles. The Hall–Kier alpha value is -1.07. The van der Waals surface area contributed by atoms with Gasteiger partial charge >= 0.3 is 0 Å². The molecule has 1 aromatic rings. The Kier molecular flexibility index (Phi) is 5.65. The van der Waals surface area contributed by atoms with Crippen LogP contribution in [0.5, 0.6) is 0 Å². The summed E-state index contributed by atoms with van der Waals surface area (Å²) in [4.78, 5) is 2.20. The number of likely N-dealkylation sites (tertiary alicyclic amines) is 1. The Morgan fingerprint density at radius 3 is 2.57 bits per heavy atom. The molecule has 1 aliphatic heterocycles. The second kappa shape index (κ2) is 7.27. The summed E-state index contributed by atoms with van der Waals surface area (Å²) in [5.41, 5.74) is 0.280. The lowest BCUT2D eigenvalue weighted by Crippen LogP contribution is -2.42. The van der Waals surface area contributed by atoms with E-state index in [1.807, 2.05) is 7.05 Å². The molecule has 0 amide bonds. The molecule has 0 aliphatic carbocycles. The quantitative estimate of drug-likeness (QED) is 0.838. The van der Waals surface area contributed by atoms with Gasteiger partial charge in [-0.05, 0) is 57.9 Å². The lowest BCUT2D eigenvalue weighted by Gasteiger charge is -2.42. The van der Waals surface area contributed by atoms with Gasteiger partial charge in [-0.15, -0.1) is 0 Å². The summed E-state index contributed by atoms with van der Waals surface area (Å²) in [6, 6.07) is 1.51. The van der Waals surface area contributed by atoms with E-state index in [1.165, 1.54) is 0 Å². The van der Waals surface area contributed by atoms with E-state index in [9.17, 15) is 13.2 Å². The molecule has 118 valence electrons. The molecular weight excluding hydrogens is 277 g/mol. The van der Waals surface area contributed by atoms with Crippen molar-refractivity contribution in [2.45, 2.75) is 32.2 Å². The second-order valence-electron chi connectivity index (χ2n) is 5.73. The zero-order chi connectivity index (χ0) is 15.4. The molecule has 0 bridgehead atoms. The van der Waals surface area contributed by atoms with Gasteiger partial charge in [0.2, 0.25) is 0 Å². The third kappa shape index (κ3) is 3.58. The van der Waals surface area contributed by atoms with E-state index in [-0.39, 0.29) is 17.5 Å². The summed E-state index contributed by atoms with van der Waals surface area (Å²) in [7, 11) is 1.86. The van der Waals surface area contributed by atoms with Gasteiger partial charge in [0.25, 0.3) is 0 Å². The first-order valence-corrected chi connectivity index (χ1v) is 7.61. The molecule has 0 spiro atoms. The highest BCUT2D eigenvalue weighted by atomic mass is 19.2. The molecule has 5 heteroatoms. The van der Waals surface area contributed by atoms with Crippen LogP contribution in [0.3, 0.4) is 0 Å². The normalized spacial score (nSPS) is 23.5. The van der Waals surface area contributed by atoms with Gasteiger partial charge in [0.1, 0.15) is 5.82 Å². The van der Waals surface area contributed by atoms with Gasteiger partial charge < -0.3 is 5.32 Å². The molecule has 0 saturated carbocycles. The summed E-state index contributed by atoms with van der Waals surface area (Å²) in [5.74, 6) is -2.55. The lowest BCUT2D eigenvalue weighted by atomic mass is 9.84. The van der Waals surface area contributed by atoms with Crippen LogP contribution in [-0.4, -0.2) is 31.6 Å². The molecule has 2 rings (SSSR count). The van der Waals surface area contributed by atoms with E-state index in [2.05, 4.69) is 17.1 Å². The molecule has 0 aromatic heterocycles. The molecule has 2 unspecified atom stereocenters. The monoisotopic (exact) mass is 300 g/mol. The van der Waals surface area contributed by atoms with Gasteiger partial charge in [-0.2, -0.15) is 0 Å². The number of halogens is 3. The highest BCUT2D eigenvalue weighted by Crippen LogP contribution is 2.37. The van der Waals surface area contributed by atoms with E-state index < -0.39 is 17.5 Å². The fourth-order valence-electron chi connectivity index (χ4n) is 3.38. The topological polar surface area (TPSA) is 15.3 Å². The van der Waals surface area contributed by atoms with Gasteiger partial charge in [-0.1, -0.05) is 6.92 Å². The first kappa shape index (κ1) is 16.3. The zero-order valence-electron chi connectivity index (χ0n) is 12.6. The van der Waals surface area contributed by atoms with Crippen LogP contribution in [0.4, 0.5) is 13.2 Å². The molecule has 2 nitrogen and oxygen atoms in total. The Bertz CT molecular complexity index is 461. The lowest BCUT2D eigenvalue weighted by molar-refractivity contribution is 0.0893. The number of hydrogen-bond acceptors (Lipinski definition) is 2. The van der Waals surface area contributed by atoms with Crippen molar-refractivity contribution in [3.63, 3.8) is 0 Å². The molecule has 1 N–H and O–H groups in total. The smallest absolute Gasteiger partial charge is 0.161 e. The number of piperidine rings is 1. The number of nitrogens with one attached hydrogen (secondary N) is 1. The van der Waals surface area contributed by atoms with Crippen LogP contribution in [0, 0.1) is 23.4 Å². The average molecular weight is 300 g/mol. The van der Waals surface area contributed by atoms with E-state index in [0.29, 0.717) is 6.07 Å².